The minimum Gasteiger partial charge on any atom is -0.425 e. The van der Waals surface area contributed by atoms with Crippen LogP contribution >= 0.6 is 0 Å². The zero-order valence-corrected chi connectivity index (χ0v) is 14.5. The lowest BCUT2D eigenvalue weighted by molar-refractivity contribution is -0.122. The molecular weight excluding hydrogens is 306 g/mol. The highest BCUT2D eigenvalue weighted by Gasteiger charge is 2.15. The number of hydrogen-bond donors (Lipinski definition) is 2. The second-order valence-electron chi connectivity index (χ2n) is 6.09. The molecule has 1 heterocycles. The summed E-state index contributed by atoms with van der Waals surface area (Å²) in [6, 6.07) is 7.49. The molecule has 2 N–H and O–H groups in total. The van der Waals surface area contributed by atoms with Crippen LogP contribution in [0.2, 0.25) is 0 Å². The fraction of sp³-hybridized carbons (Fsp3) is 0.500. The summed E-state index contributed by atoms with van der Waals surface area (Å²) in [5.74, 6) is 1.05. The zero-order valence-electron chi connectivity index (χ0n) is 14.5. The Morgan fingerprint density at radius 2 is 1.96 bits per heavy atom. The van der Waals surface area contributed by atoms with E-state index in [0.29, 0.717) is 18.2 Å². The Morgan fingerprint density at radius 3 is 2.50 bits per heavy atom. The van der Waals surface area contributed by atoms with E-state index in [-0.39, 0.29) is 24.9 Å². The van der Waals surface area contributed by atoms with E-state index in [9.17, 15) is 9.90 Å². The van der Waals surface area contributed by atoms with Gasteiger partial charge in [-0.3, -0.25) is 4.79 Å². The maximum atomic E-state index is 12.1. The zero-order chi connectivity index (χ0) is 17.5. The molecule has 130 valence electrons. The van der Waals surface area contributed by atoms with E-state index >= 15 is 0 Å². The normalized spacial score (nSPS) is 12.4. The summed E-state index contributed by atoms with van der Waals surface area (Å²) in [6.07, 6.45) is 1.58. The van der Waals surface area contributed by atoms with Gasteiger partial charge in [-0.05, 0) is 17.5 Å². The van der Waals surface area contributed by atoms with Crippen molar-refractivity contribution in [2.75, 3.05) is 6.61 Å². The number of benzene rings is 1. The molecule has 0 saturated carbocycles. The van der Waals surface area contributed by atoms with Crippen molar-refractivity contribution in [2.24, 2.45) is 0 Å². The van der Waals surface area contributed by atoms with Crippen LogP contribution in [0.25, 0.3) is 0 Å². The lowest BCUT2D eigenvalue weighted by atomic mass is 10.0. The average Bonchev–Trinajstić information content (AvgIpc) is 3.07. The number of aliphatic hydroxyl groups excluding tert-OH is 1. The molecule has 2 aromatic rings. The standard InChI is InChI=1S/C18H25N3O3/c1-4-13-5-7-14(8-6-13)15(11-22)19-16(23)9-10-17-20-21-18(24-17)12(2)3/h5-8,12,15,22H,4,9-11H2,1-3H3,(H,19,23). The van der Waals surface area contributed by atoms with Crippen LogP contribution in [0.3, 0.4) is 0 Å². The molecule has 24 heavy (non-hydrogen) atoms. The van der Waals surface area contributed by atoms with Crippen LogP contribution < -0.4 is 5.32 Å². The molecule has 0 aliphatic carbocycles. The van der Waals surface area contributed by atoms with Crippen LogP contribution in [0.15, 0.2) is 28.7 Å². The molecule has 0 bridgehead atoms. The molecule has 1 atom stereocenters. The maximum absolute atomic E-state index is 12.1. The predicted molar refractivity (Wildman–Crippen MR) is 90.5 cm³/mol. The van der Waals surface area contributed by atoms with Gasteiger partial charge in [0.1, 0.15) is 0 Å². The third-order valence-corrected chi connectivity index (χ3v) is 3.85. The molecule has 2 rings (SSSR count). The number of aliphatic hydroxyl groups is 1. The number of carbonyl (C=O) groups is 1. The summed E-state index contributed by atoms with van der Waals surface area (Å²) in [4.78, 5) is 12.1. The average molecular weight is 331 g/mol. The Labute approximate surface area is 142 Å². The molecule has 6 nitrogen and oxygen atoms in total. The Morgan fingerprint density at radius 1 is 1.25 bits per heavy atom. The minimum atomic E-state index is -0.405. The summed E-state index contributed by atoms with van der Waals surface area (Å²) in [6.45, 7) is 5.89. The van der Waals surface area contributed by atoms with Gasteiger partial charge in [0.25, 0.3) is 0 Å². The molecule has 0 radical (unpaired) electrons. The number of nitrogens with one attached hydrogen (secondary N) is 1. The van der Waals surface area contributed by atoms with Gasteiger partial charge in [-0.25, -0.2) is 0 Å². The summed E-state index contributed by atoms with van der Waals surface area (Å²) < 4.78 is 5.49. The third kappa shape index (κ3) is 4.89. The molecule has 1 unspecified atom stereocenters. The summed E-state index contributed by atoms with van der Waals surface area (Å²) in [5, 5.41) is 20.3. The van der Waals surface area contributed by atoms with Crippen molar-refractivity contribution >= 4 is 5.91 Å². The molecule has 0 aliphatic heterocycles. The monoisotopic (exact) mass is 331 g/mol. The summed E-state index contributed by atoms with van der Waals surface area (Å²) in [5.41, 5.74) is 2.11. The van der Waals surface area contributed by atoms with Crippen LogP contribution in [0, 0.1) is 0 Å². The SMILES string of the molecule is CCc1ccc(C(CO)NC(=O)CCc2nnc(C(C)C)o2)cc1. The van der Waals surface area contributed by atoms with Crippen molar-refractivity contribution in [3.8, 4) is 0 Å². The van der Waals surface area contributed by atoms with Crippen molar-refractivity contribution < 1.29 is 14.3 Å². The molecule has 0 fully saturated rings. The van der Waals surface area contributed by atoms with E-state index < -0.39 is 6.04 Å². The van der Waals surface area contributed by atoms with Crippen molar-refractivity contribution in [1.29, 1.82) is 0 Å². The van der Waals surface area contributed by atoms with Crippen molar-refractivity contribution in [3.05, 3.63) is 47.2 Å². The lowest BCUT2D eigenvalue weighted by Gasteiger charge is -2.17. The maximum Gasteiger partial charge on any atom is 0.221 e. The first-order valence-electron chi connectivity index (χ1n) is 8.34. The first-order valence-corrected chi connectivity index (χ1v) is 8.34. The number of aryl methyl sites for hydroxylation is 2. The van der Waals surface area contributed by atoms with Gasteiger partial charge in [0.15, 0.2) is 0 Å². The van der Waals surface area contributed by atoms with E-state index in [1.807, 2.05) is 38.1 Å². The molecule has 0 aliphatic rings. The Hall–Kier alpha value is -2.21. The second-order valence-corrected chi connectivity index (χ2v) is 6.09. The Balaban J connectivity index is 1.88. The van der Waals surface area contributed by atoms with Crippen LogP contribution in [-0.2, 0) is 17.6 Å². The highest BCUT2D eigenvalue weighted by Crippen LogP contribution is 2.15. The van der Waals surface area contributed by atoms with Gasteiger partial charge in [-0.2, -0.15) is 0 Å². The summed E-state index contributed by atoms with van der Waals surface area (Å²) >= 11 is 0. The van der Waals surface area contributed by atoms with Gasteiger partial charge in [0.05, 0.1) is 12.6 Å². The topological polar surface area (TPSA) is 88.2 Å². The lowest BCUT2D eigenvalue weighted by Crippen LogP contribution is -2.30. The second kappa shape index (κ2) is 8.59. The van der Waals surface area contributed by atoms with Gasteiger partial charge in [-0.1, -0.05) is 45.0 Å². The highest BCUT2D eigenvalue weighted by atomic mass is 16.4. The number of hydrogen-bond acceptors (Lipinski definition) is 5. The fourth-order valence-electron chi connectivity index (χ4n) is 2.31. The smallest absolute Gasteiger partial charge is 0.221 e. The highest BCUT2D eigenvalue weighted by molar-refractivity contribution is 5.76. The van der Waals surface area contributed by atoms with Crippen molar-refractivity contribution in [2.45, 2.75) is 52.0 Å². The molecule has 0 saturated heterocycles. The summed E-state index contributed by atoms with van der Waals surface area (Å²) in [7, 11) is 0. The molecule has 1 aromatic heterocycles. The quantitative estimate of drug-likeness (QED) is 0.776. The Bertz CT molecular complexity index is 650. The van der Waals surface area contributed by atoms with E-state index in [1.54, 1.807) is 0 Å². The predicted octanol–water partition coefficient (Wildman–Crippen LogP) is 2.54. The van der Waals surface area contributed by atoms with Crippen LogP contribution in [0.5, 0.6) is 0 Å². The first-order chi connectivity index (χ1) is 11.5. The van der Waals surface area contributed by atoms with Gasteiger partial charge < -0.3 is 14.8 Å². The molecule has 0 spiro atoms. The largest absolute Gasteiger partial charge is 0.425 e. The molecule has 1 amide bonds. The number of nitrogens with zero attached hydrogens (tertiary/aromatic N) is 2. The van der Waals surface area contributed by atoms with E-state index in [2.05, 4.69) is 22.4 Å². The molecule has 6 heteroatoms. The third-order valence-electron chi connectivity index (χ3n) is 3.85. The number of rotatable bonds is 8. The van der Waals surface area contributed by atoms with Gasteiger partial charge in [0.2, 0.25) is 17.7 Å². The van der Waals surface area contributed by atoms with Crippen LogP contribution in [0.4, 0.5) is 0 Å². The minimum absolute atomic E-state index is 0.144. The van der Waals surface area contributed by atoms with Gasteiger partial charge in [-0.15, -0.1) is 10.2 Å². The Kier molecular flexibility index (Phi) is 6.49. The molecular formula is C18H25N3O3. The van der Waals surface area contributed by atoms with Crippen LogP contribution in [-0.4, -0.2) is 27.8 Å². The number of carbonyl (C=O) groups excluding carboxylic acids is 1. The molecule has 1 aromatic carbocycles. The van der Waals surface area contributed by atoms with Gasteiger partial charge >= 0.3 is 0 Å². The number of aromatic nitrogens is 2. The van der Waals surface area contributed by atoms with E-state index in [0.717, 1.165) is 12.0 Å². The van der Waals surface area contributed by atoms with E-state index in [4.69, 9.17) is 4.42 Å². The van der Waals surface area contributed by atoms with Crippen molar-refractivity contribution in [3.63, 3.8) is 0 Å². The number of amides is 1. The van der Waals surface area contributed by atoms with Crippen LogP contribution in [0.1, 0.15) is 62.1 Å². The van der Waals surface area contributed by atoms with E-state index in [1.165, 1.54) is 5.56 Å². The van der Waals surface area contributed by atoms with Crippen molar-refractivity contribution in [1.82, 2.24) is 15.5 Å². The van der Waals surface area contributed by atoms with Gasteiger partial charge in [0, 0.05) is 18.8 Å². The fourth-order valence-corrected chi connectivity index (χ4v) is 2.31. The first kappa shape index (κ1) is 18.1.